The Balaban J connectivity index is 1.93. The lowest BCUT2D eigenvalue weighted by atomic mass is 9.91. The fourth-order valence-electron chi connectivity index (χ4n) is 3.14. The smallest absolute Gasteiger partial charge is 0.224 e. The summed E-state index contributed by atoms with van der Waals surface area (Å²) in [5, 5.41) is 12.6. The van der Waals surface area contributed by atoms with Gasteiger partial charge in [0.25, 0.3) is 0 Å². The zero-order valence-corrected chi connectivity index (χ0v) is 14.1. The highest BCUT2D eigenvalue weighted by molar-refractivity contribution is 5.35. The zero-order valence-electron chi connectivity index (χ0n) is 14.1. The summed E-state index contributed by atoms with van der Waals surface area (Å²) >= 11 is 0. The number of hydrogen-bond acceptors (Lipinski definition) is 6. The van der Waals surface area contributed by atoms with Crippen molar-refractivity contribution < 1.29 is 4.74 Å². The number of aromatic nitrogens is 4. The molecule has 0 spiro atoms. The lowest BCUT2D eigenvalue weighted by Crippen LogP contribution is -2.30. The highest BCUT2D eigenvalue weighted by Gasteiger charge is 2.29. The maximum absolute atomic E-state index is 9.13. The summed E-state index contributed by atoms with van der Waals surface area (Å²) < 4.78 is 7.63. The van der Waals surface area contributed by atoms with Gasteiger partial charge in [-0.3, -0.25) is 0 Å². The van der Waals surface area contributed by atoms with Gasteiger partial charge in [-0.15, -0.1) is 0 Å². The average Bonchev–Trinajstić information content (AvgIpc) is 3.08. The van der Waals surface area contributed by atoms with Gasteiger partial charge in [0.15, 0.2) is 0 Å². The van der Waals surface area contributed by atoms with Gasteiger partial charge in [0.1, 0.15) is 17.6 Å². The van der Waals surface area contributed by atoms with Crippen LogP contribution in [-0.4, -0.2) is 32.7 Å². The topological polar surface area (TPSA) is 88.7 Å². The van der Waals surface area contributed by atoms with Crippen molar-refractivity contribution in [3.8, 4) is 6.07 Å². The van der Waals surface area contributed by atoms with Crippen LogP contribution in [0.3, 0.4) is 0 Å². The number of nitrogens with one attached hydrogen (secondary N) is 1. The summed E-state index contributed by atoms with van der Waals surface area (Å²) in [4.78, 5) is 13.3. The zero-order chi connectivity index (χ0) is 16.9. The first kappa shape index (κ1) is 16.4. The van der Waals surface area contributed by atoms with E-state index in [4.69, 9.17) is 10.00 Å². The van der Waals surface area contributed by atoms with Crippen LogP contribution in [0.2, 0.25) is 0 Å². The molecule has 1 aliphatic rings. The van der Waals surface area contributed by atoms with Crippen molar-refractivity contribution in [3.63, 3.8) is 0 Å². The Hall–Kier alpha value is -2.46. The van der Waals surface area contributed by atoms with Gasteiger partial charge in [-0.05, 0) is 38.7 Å². The molecule has 1 saturated heterocycles. The first-order valence-electron chi connectivity index (χ1n) is 8.32. The highest BCUT2D eigenvalue weighted by atomic mass is 16.5. The molecule has 0 aromatic carbocycles. The molecule has 0 aliphatic carbocycles. The number of aryl methyl sites for hydroxylation is 2. The van der Waals surface area contributed by atoms with Gasteiger partial charge >= 0.3 is 0 Å². The fourth-order valence-corrected chi connectivity index (χ4v) is 3.14. The molecule has 2 aromatic rings. The van der Waals surface area contributed by atoms with Crippen molar-refractivity contribution in [3.05, 3.63) is 35.7 Å². The van der Waals surface area contributed by atoms with E-state index in [-0.39, 0.29) is 6.04 Å². The molecule has 1 N–H and O–H groups in total. The number of ether oxygens (including phenoxy) is 1. The van der Waals surface area contributed by atoms with Gasteiger partial charge in [0, 0.05) is 37.8 Å². The van der Waals surface area contributed by atoms with Crippen LogP contribution in [0.1, 0.15) is 43.0 Å². The van der Waals surface area contributed by atoms with E-state index in [1.807, 2.05) is 19.3 Å². The van der Waals surface area contributed by atoms with Gasteiger partial charge in [0.2, 0.25) is 5.95 Å². The Morgan fingerprint density at radius 3 is 2.92 bits per heavy atom. The van der Waals surface area contributed by atoms with E-state index in [9.17, 15) is 0 Å². The molecule has 0 unspecified atom stereocenters. The molecule has 0 saturated carbocycles. The molecule has 3 rings (SSSR count). The molecule has 1 fully saturated rings. The highest BCUT2D eigenvalue weighted by Crippen LogP contribution is 2.31. The Morgan fingerprint density at radius 1 is 1.42 bits per heavy atom. The van der Waals surface area contributed by atoms with E-state index in [2.05, 4.69) is 37.8 Å². The largest absolute Gasteiger partial charge is 0.381 e. The molecular formula is C17H22N6O. The van der Waals surface area contributed by atoms with Crippen LogP contribution in [-0.2, 0) is 11.3 Å². The predicted octanol–water partition coefficient (Wildman–Crippen LogP) is 2.45. The molecule has 3 heterocycles. The summed E-state index contributed by atoms with van der Waals surface area (Å²) in [6.45, 7) is 6.34. The molecule has 7 heteroatoms. The minimum absolute atomic E-state index is 0.00260. The second-order valence-electron chi connectivity index (χ2n) is 5.97. The second kappa shape index (κ2) is 7.41. The third kappa shape index (κ3) is 3.54. The predicted molar refractivity (Wildman–Crippen MR) is 89.3 cm³/mol. The van der Waals surface area contributed by atoms with Gasteiger partial charge in [-0.1, -0.05) is 0 Å². The lowest BCUT2D eigenvalue weighted by Gasteiger charge is -2.31. The van der Waals surface area contributed by atoms with Gasteiger partial charge in [-0.25, -0.2) is 15.0 Å². The SMILES string of the molecule is CCn1ccnc1[C@@H](Nc1nc(C)cc(C#N)n1)C1CCOCC1. The van der Waals surface area contributed by atoms with Gasteiger partial charge in [0.05, 0.1) is 6.04 Å². The van der Waals surface area contributed by atoms with E-state index in [0.29, 0.717) is 17.6 Å². The first-order valence-corrected chi connectivity index (χ1v) is 8.32. The van der Waals surface area contributed by atoms with Crippen molar-refractivity contribution in [2.75, 3.05) is 18.5 Å². The Kier molecular flexibility index (Phi) is 5.06. The molecule has 0 amide bonds. The Bertz CT molecular complexity index is 729. The van der Waals surface area contributed by atoms with Crippen molar-refractivity contribution in [1.29, 1.82) is 5.26 Å². The number of rotatable bonds is 5. The molecule has 126 valence electrons. The number of anilines is 1. The molecule has 7 nitrogen and oxygen atoms in total. The van der Waals surface area contributed by atoms with Crippen molar-refractivity contribution in [2.45, 2.75) is 39.3 Å². The van der Waals surface area contributed by atoms with Crippen molar-refractivity contribution in [2.24, 2.45) is 5.92 Å². The molecule has 1 aliphatic heterocycles. The Morgan fingerprint density at radius 2 is 2.21 bits per heavy atom. The molecule has 0 radical (unpaired) electrons. The minimum atomic E-state index is -0.00260. The van der Waals surface area contributed by atoms with E-state index in [0.717, 1.165) is 44.1 Å². The number of nitriles is 1. The van der Waals surface area contributed by atoms with Crippen molar-refractivity contribution in [1.82, 2.24) is 19.5 Å². The quantitative estimate of drug-likeness (QED) is 0.908. The van der Waals surface area contributed by atoms with E-state index >= 15 is 0 Å². The van der Waals surface area contributed by atoms with Gasteiger partial charge in [-0.2, -0.15) is 5.26 Å². The standard InChI is InChI=1S/C17H22N6O/c1-3-23-7-6-19-16(23)15(13-4-8-24-9-5-13)22-17-20-12(2)10-14(11-18)21-17/h6-7,10,13,15H,3-5,8-9H2,1-2H3,(H,20,21,22)/t15-/m0/s1. The summed E-state index contributed by atoms with van der Waals surface area (Å²) in [5.74, 6) is 1.85. The van der Waals surface area contributed by atoms with Crippen LogP contribution < -0.4 is 5.32 Å². The summed E-state index contributed by atoms with van der Waals surface area (Å²) in [6.07, 6.45) is 5.74. The van der Waals surface area contributed by atoms with Crippen LogP contribution in [0.25, 0.3) is 0 Å². The number of hydrogen-bond donors (Lipinski definition) is 1. The minimum Gasteiger partial charge on any atom is -0.381 e. The van der Waals surface area contributed by atoms with Crippen LogP contribution in [0.15, 0.2) is 18.5 Å². The maximum atomic E-state index is 9.13. The monoisotopic (exact) mass is 326 g/mol. The van der Waals surface area contributed by atoms with Crippen molar-refractivity contribution >= 4 is 5.95 Å². The van der Waals surface area contributed by atoms with Gasteiger partial charge < -0.3 is 14.6 Å². The van der Waals surface area contributed by atoms with E-state index < -0.39 is 0 Å². The second-order valence-corrected chi connectivity index (χ2v) is 5.97. The maximum Gasteiger partial charge on any atom is 0.224 e. The summed E-state index contributed by atoms with van der Waals surface area (Å²) in [6, 6.07) is 3.77. The number of imidazole rings is 1. The van der Waals surface area contributed by atoms with Crippen LogP contribution in [0.5, 0.6) is 0 Å². The molecular weight excluding hydrogens is 304 g/mol. The molecule has 0 bridgehead atoms. The molecule has 1 atom stereocenters. The normalized spacial score (nSPS) is 16.5. The van der Waals surface area contributed by atoms with E-state index in [1.165, 1.54) is 0 Å². The molecule has 24 heavy (non-hydrogen) atoms. The third-order valence-corrected chi connectivity index (χ3v) is 4.36. The molecule has 2 aromatic heterocycles. The van der Waals surface area contributed by atoms with Crippen LogP contribution in [0.4, 0.5) is 5.95 Å². The lowest BCUT2D eigenvalue weighted by molar-refractivity contribution is 0.0593. The Labute approximate surface area is 141 Å². The third-order valence-electron chi connectivity index (χ3n) is 4.36. The van der Waals surface area contributed by atoms with Crippen LogP contribution >= 0.6 is 0 Å². The summed E-state index contributed by atoms with van der Waals surface area (Å²) in [5.41, 5.74) is 1.14. The summed E-state index contributed by atoms with van der Waals surface area (Å²) in [7, 11) is 0. The average molecular weight is 326 g/mol. The fraction of sp³-hybridized carbons (Fsp3) is 0.529. The van der Waals surface area contributed by atoms with Crippen LogP contribution in [0, 0.1) is 24.2 Å². The number of nitrogens with zero attached hydrogens (tertiary/aromatic N) is 5. The van der Waals surface area contributed by atoms with E-state index in [1.54, 1.807) is 6.07 Å². The first-order chi connectivity index (χ1) is 11.7.